The zero-order chi connectivity index (χ0) is 18.6. The SMILES string of the molecule is C#CC(CC)(CC)NC(=O)COc1ccc2c(C)cc(=O)oc2c1C. The van der Waals surface area contributed by atoms with Crippen molar-refractivity contribution in [1.82, 2.24) is 5.32 Å². The summed E-state index contributed by atoms with van der Waals surface area (Å²) in [6, 6.07) is 5.04. The molecule has 0 bridgehead atoms. The second kappa shape index (κ2) is 7.43. The molecule has 1 amide bonds. The Labute approximate surface area is 147 Å². The van der Waals surface area contributed by atoms with E-state index in [1.807, 2.05) is 26.8 Å². The van der Waals surface area contributed by atoms with Gasteiger partial charge in [-0.1, -0.05) is 19.8 Å². The van der Waals surface area contributed by atoms with Crippen molar-refractivity contribution in [1.29, 1.82) is 0 Å². The minimum Gasteiger partial charge on any atom is -0.483 e. The van der Waals surface area contributed by atoms with Crippen LogP contribution in [0.15, 0.2) is 27.4 Å². The zero-order valence-electron chi connectivity index (χ0n) is 15.1. The normalized spacial score (nSPS) is 11.2. The summed E-state index contributed by atoms with van der Waals surface area (Å²) in [5, 5.41) is 3.70. The summed E-state index contributed by atoms with van der Waals surface area (Å²) in [6.45, 7) is 7.35. The van der Waals surface area contributed by atoms with Crippen molar-refractivity contribution in [2.75, 3.05) is 6.61 Å². The third kappa shape index (κ3) is 3.85. The number of fused-ring (bicyclic) bond motifs is 1. The molecule has 0 atom stereocenters. The van der Waals surface area contributed by atoms with Gasteiger partial charge in [-0.05, 0) is 44.4 Å². The Bertz CT molecular complexity index is 885. The third-order valence-electron chi connectivity index (χ3n) is 4.54. The first-order chi connectivity index (χ1) is 11.9. The highest BCUT2D eigenvalue weighted by atomic mass is 16.5. The third-order valence-corrected chi connectivity index (χ3v) is 4.54. The molecule has 132 valence electrons. The lowest BCUT2D eigenvalue weighted by Gasteiger charge is -2.27. The maximum Gasteiger partial charge on any atom is 0.336 e. The predicted octanol–water partition coefficient (Wildman–Crippen LogP) is 3.10. The van der Waals surface area contributed by atoms with Crippen molar-refractivity contribution in [3.63, 3.8) is 0 Å². The molecule has 1 N–H and O–H groups in total. The Morgan fingerprint density at radius 3 is 2.60 bits per heavy atom. The Morgan fingerprint density at radius 1 is 1.32 bits per heavy atom. The first-order valence-electron chi connectivity index (χ1n) is 8.31. The molecule has 25 heavy (non-hydrogen) atoms. The number of carbonyl (C=O) groups is 1. The molecule has 1 heterocycles. The molecule has 0 aliphatic rings. The molecular formula is C20H23NO4. The van der Waals surface area contributed by atoms with Gasteiger partial charge in [-0.25, -0.2) is 4.79 Å². The molecule has 0 spiro atoms. The molecule has 0 saturated carbocycles. The van der Waals surface area contributed by atoms with E-state index >= 15 is 0 Å². The minimum atomic E-state index is -0.650. The fourth-order valence-corrected chi connectivity index (χ4v) is 2.77. The van der Waals surface area contributed by atoms with E-state index < -0.39 is 11.2 Å². The summed E-state index contributed by atoms with van der Waals surface area (Å²) in [7, 11) is 0. The van der Waals surface area contributed by atoms with Crippen LogP contribution in [0.25, 0.3) is 11.0 Å². The molecule has 1 aromatic carbocycles. The van der Waals surface area contributed by atoms with E-state index in [-0.39, 0.29) is 12.5 Å². The predicted molar refractivity (Wildman–Crippen MR) is 97.7 cm³/mol. The minimum absolute atomic E-state index is 0.161. The number of hydrogen-bond donors (Lipinski definition) is 1. The van der Waals surface area contributed by atoms with Crippen LogP contribution in [-0.2, 0) is 4.79 Å². The molecular weight excluding hydrogens is 318 g/mol. The van der Waals surface area contributed by atoms with Gasteiger partial charge in [-0.2, -0.15) is 0 Å². The Morgan fingerprint density at radius 2 is 2.00 bits per heavy atom. The summed E-state index contributed by atoms with van der Waals surface area (Å²) < 4.78 is 10.9. The smallest absolute Gasteiger partial charge is 0.336 e. The van der Waals surface area contributed by atoms with Crippen LogP contribution in [0, 0.1) is 26.2 Å². The molecule has 0 unspecified atom stereocenters. The van der Waals surface area contributed by atoms with Crippen LogP contribution in [-0.4, -0.2) is 18.1 Å². The number of aryl methyl sites for hydroxylation is 2. The number of benzene rings is 1. The van der Waals surface area contributed by atoms with Gasteiger partial charge in [0.1, 0.15) is 16.9 Å². The van der Waals surface area contributed by atoms with E-state index in [0.29, 0.717) is 29.7 Å². The summed E-state index contributed by atoms with van der Waals surface area (Å²) in [5.74, 6) is 2.87. The molecule has 0 saturated heterocycles. The number of terminal acetylenes is 1. The lowest BCUT2D eigenvalue weighted by atomic mass is 9.94. The van der Waals surface area contributed by atoms with Gasteiger partial charge < -0.3 is 14.5 Å². The van der Waals surface area contributed by atoms with E-state index in [0.717, 1.165) is 10.9 Å². The van der Waals surface area contributed by atoms with E-state index in [1.165, 1.54) is 6.07 Å². The second-order valence-corrected chi connectivity index (χ2v) is 6.08. The monoisotopic (exact) mass is 341 g/mol. The van der Waals surface area contributed by atoms with Gasteiger partial charge in [0.25, 0.3) is 5.91 Å². The lowest BCUT2D eigenvalue weighted by molar-refractivity contribution is -0.124. The summed E-state index contributed by atoms with van der Waals surface area (Å²) in [5.41, 5.74) is 0.933. The Kier molecular flexibility index (Phi) is 5.53. The average molecular weight is 341 g/mol. The maximum atomic E-state index is 12.2. The molecule has 5 heteroatoms. The maximum absolute atomic E-state index is 12.2. The van der Waals surface area contributed by atoms with Gasteiger partial charge in [-0.3, -0.25) is 4.79 Å². The molecule has 0 fully saturated rings. The van der Waals surface area contributed by atoms with Crippen LogP contribution < -0.4 is 15.7 Å². The molecule has 1 aromatic heterocycles. The lowest BCUT2D eigenvalue weighted by Crippen LogP contribution is -2.48. The molecule has 2 aromatic rings. The van der Waals surface area contributed by atoms with Crippen LogP contribution in [0.2, 0.25) is 0 Å². The number of nitrogens with one attached hydrogen (secondary N) is 1. The van der Waals surface area contributed by atoms with E-state index in [1.54, 1.807) is 13.0 Å². The molecule has 0 aliphatic carbocycles. The van der Waals surface area contributed by atoms with Gasteiger partial charge in [0.2, 0.25) is 0 Å². The van der Waals surface area contributed by atoms with Gasteiger partial charge in [0.15, 0.2) is 6.61 Å². The Balaban J connectivity index is 2.19. The highest BCUT2D eigenvalue weighted by Crippen LogP contribution is 2.28. The summed E-state index contributed by atoms with van der Waals surface area (Å²) >= 11 is 0. The fourth-order valence-electron chi connectivity index (χ4n) is 2.77. The number of ether oxygens (including phenoxy) is 1. The molecule has 0 aliphatic heterocycles. The topological polar surface area (TPSA) is 68.5 Å². The van der Waals surface area contributed by atoms with Crippen LogP contribution in [0.5, 0.6) is 5.75 Å². The van der Waals surface area contributed by atoms with Gasteiger partial charge >= 0.3 is 5.63 Å². The molecule has 5 nitrogen and oxygen atoms in total. The summed E-state index contributed by atoms with van der Waals surface area (Å²) in [6.07, 6.45) is 6.84. The van der Waals surface area contributed by atoms with Crippen molar-refractivity contribution < 1.29 is 13.9 Å². The van der Waals surface area contributed by atoms with Crippen molar-refractivity contribution in [3.05, 3.63) is 39.7 Å². The highest BCUT2D eigenvalue weighted by Gasteiger charge is 2.25. The molecule has 2 rings (SSSR count). The van der Waals surface area contributed by atoms with Crippen LogP contribution in [0.1, 0.15) is 37.8 Å². The van der Waals surface area contributed by atoms with Crippen molar-refractivity contribution in [2.45, 2.75) is 46.1 Å². The van der Waals surface area contributed by atoms with Crippen molar-refractivity contribution in [3.8, 4) is 18.1 Å². The van der Waals surface area contributed by atoms with Crippen molar-refractivity contribution in [2.24, 2.45) is 0 Å². The van der Waals surface area contributed by atoms with Crippen LogP contribution in [0.3, 0.4) is 0 Å². The number of amides is 1. The molecule has 0 radical (unpaired) electrons. The Hall–Kier alpha value is -2.74. The zero-order valence-corrected chi connectivity index (χ0v) is 15.1. The quantitative estimate of drug-likeness (QED) is 0.647. The number of hydrogen-bond acceptors (Lipinski definition) is 4. The summed E-state index contributed by atoms with van der Waals surface area (Å²) in [4.78, 5) is 23.8. The standard InChI is InChI=1S/C20H23NO4/c1-6-20(7-2,8-3)21-17(22)12-24-16-10-9-15-13(4)11-18(23)25-19(15)14(16)5/h1,9-11H,7-8,12H2,2-5H3,(H,21,22). The van der Waals surface area contributed by atoms with Crippen LogP contribution >= 0.6 is 0 Å². The number of rotatable bonds is 6. The first kappa shape index (κ1) is 18.6. The first-order valence-corrected chi connectivity index (χ1v) is 8.31. The van der Waals surface area contributed by atoms with E-state index in [4.69, 9.17) is 15.6 Å². The average Bonchev–Trinajstić information content (AvgIpc) is 2.59. The number of carbonyl (C=O) groups excluding carboxylic acids is 1. The largest absolute Gasteiger partial charge is 0.483 e. The van der Waals surface area contributed by atoms with E-state index in [2.05, 4.69) is 11.2 Å². The fraction of sp³-hybridized carbons (Fsp3) is 0.400. The van der Waals surface area contributed by atoms with Crippen LogP contribution in [0.4, 0.5) is 0 Å². The van der Waals surface area contributed by atoms with Gasteiger partial charge in [0, 0.05) is 17.0 Å². The van der Waals surface area contributed by atoms with Crippen molar-refractivity contribution >= 4 is 16.9 Å². The van der Waals surface area contributed by atoms with Gasteiger partial charge in [-0.15, -0.1) is 6.42 Å². The van der Waals surface area contributed by atoms with Gasteiger partial charge in [0.05, 0.1) is 0 Å². The van der Waals surface area contributed by atoms with E-state index in [9.17, 15) is 9.59 Å². The highest BCUT2D eigenvalue weighted by molar-refractivity contribution is 5.85. The second-order valence-electron chi connectivity index (χ2n) is 6.08.